The predicted molar refractivity (Wildman–Crippen MR) is 108 cm³/mol. The Kier molecular flexibility index (Phi) is 5.49. The number of hydrogen-bond donors (Lipinski definition) is 1. The predicted octanol–water partition coefficient (Wildman–Crippen LogP) is 3.53. The first-order valence-electron chi connectivity index (χ1n) is 9.07. The van der Waals surface area contributed by atoms with Gasteiger partial charge in [0.15, 0.2) is 0 Å². The largest absolute Gasteiger partial charge is 0.316 e. The molecule has 0 spiro atoms. The first-order chi connectivity index (χ1) is 12.7. The first-order valence-corrected chi connectivity index (χ1v) is 10.8. The third-order valence-electron chi connectivity index (χ3n) is 4.92. The van der Waals surface area contributed by atoms with E-state index in [1.807, 2.05) is 34.8 Å². The lowest BCUT2D eigenvalue weighted by Crippen LogP contribution is -2.29. The standard InChI is InChI=1S/C19H25N5S2/c1-14-19(25-13-21-14)12-24(9-15-5-6-20-7-15)11-17-3-4-18(26-17)16-8-22-23(2)10-16/h3-4,8,10,13,15,20H,5-7,9,11-12H2,1-2H3. The van der Waals surface area contributed by atoms with Crippen molar-refractivity contribution in [3.63, 3.8) is 0 Å². The van der Waals surface area contributed by atoms with Gasteiger partial charge in [-0.3, -0.25) is 9.58 Å². The highest BCUT2D eigenvalue weighted by Gasteiger charge is 2.20. The maximum atomic E-state index is 4.43. The summed E-state index contributed by atoms with van der Waals surface area (Å²) in [5, 5.41) is 7.79. The fraction of sp³-hybridized carbons (Fsp3) is 0.474. The monoisotopic (exact) mass is 387 g/mol. The Morgan fingerprint density at radius 1 is 1.35 bits per heavy atom. The highest BCUT2D eigenvalue weighted by atomic mass is 32.1. The minimum Gasteiger partial charge on any atom is -0.316 e. The SMILES string of the molecule is Cc1ncsc1CN(Cc1ccc(-c2cnn(C)c2)s1)CC1CCNC1. The third kappa shape index (κ3) is 4.23. The number of thiazole rings is 1. The van der Waals surface area contributed by atoms with Crippen LogP contribution in [0.4, 0.5) is 0 Å². The molecule has 1 unspecified atom stereocenters. The molecule has 1 aliphatic rings. The first kappa shape index (κ1) is 17.9. The highest BCUT2D eigenvalue weighted by Crippen LogP contribution is 2.29. The molecule has 26 heavy (non-hydrogen) atoms. The Hall–Kier alpha value is -1.54. The number of hydrogen-bond acceptors (Lipinski definition) is 6. The molecule has 138 valence electrons. The van der Waals surface area contributed by atoms with Gasteiger partial charge in [0.1, 0.15) is 0 Å². The van der Waals surface area contributed by atoms with E-state index in [2.05, 4.69) is 45.6 Å². The molecule has 4 rings (SSSR count). The van der Waals surface area contributed by atoms with E-state index in [4.69, 9.17) is 0 Å². The summed E-state index contributed by atoms with van der Waals surface area (Å²) >= 11 is 3.65. The second kappa shape index (κ2) is 8.00. The van der Waals surface area contributed by atoms with Crippen LogP contribution in [0.25, 0.3) is 10.4 Å². The van der Waals surface area contributed by atoms with Gasteiger partial charge in [0.05, 0.1) is 17.4 Å². The molecule has 1 saturated heterocycles. The van der Waals surface area contributed by atoms with Crippen molar-refractivity contribution in [2.75, 3.05) is 19.6 Å². The normalized spacial score (nSPS) is 17.4. The molecule has 0 saturated carbocycles. The maximum absolute atomic E-state index is 4.43. The van der Waals surface area contributed by atoms with Crippen LogP contribution in [0.1, 0.15) is 21.9 Å². The average Bonchev–Trinajstić information content (AvgIpc) is 3.38. The summed E-state index contributed by atoms with van der Waals surface area (Å²) in [6.45, 7) is 7.55. The van der Waals surface area contributed by atoms with Gasteiger partial charge in [-0.25, -0.2) is 4.98 Å². The average molecular weight is 388 g/mol. The van der Waals surface area contributed by atoms with Crippen LogP contribution in [0.3, 0.4) is 0 Å². The van der Waals surface area contributed by atoms with Gasteiger partial charge in [0.25, 0.3) is 0 Å². The summed E-state index contributed by atoms with van der Waals surface area (Å²) < 4.78 is 1.86. The molecule has 7 heteroatoms. The smallest absolute Gasteiger partial charge is 0.0798 e. The molecule has 1 N–H and O–H groups in total. The third-order valence-corrected chi connectivity index (χ3v) is 6.96. The van der Waals surface area contributed by atoms with Crippen LogP contribution in [-0.4, -0.2) is 39.3 Å². The molecule has 3 aromatic rings. The van der Waals surface area contributed by atoms with Crippen LogP contribution in [0.5, 0.6) is 0 Å². The van der Waals surface area contributed by atoms with Crippen LogP contribution in [-0.2, 0) is 20.1 Å². The van der Waals surface area contributed by atoms with Gasteiger partial charge in [-0.2, -0.15) is 5.10 Å². The Morgan fingerprint density at radius 3 is 2.96 bits per heavy atom. The molecule has 0 bridgehead atoms. The molecule has 0 amide bonds. The minimum absolute atomic E-state index is 0.751. The van der Waals surface area contributed by atoms with Crippen LogP contribution in [0.2, 0.25) is 0 Å². The molecule has 0 aliphatic carbocycles. The van der Waals surface area contributed by atoms with Gasteiger partial charge >= 0.3 is 0 Å². The summed E-state index contributed by atoms with van der Waals surface area (Å²) in [5.41, 5.74) is 4.34. The van der Waals surface area contributed by atoms with Crippen molar-refractivity contribution in [2.24, 2.45) is 13.0 Å². The number of nitrogens with one attached hydrogen (secondary N) is 1. The summed E-state index contributed by atoms with van der Waals surface area (Å²) in [6.07, 6.45) is 5.31. The molecular formula is C19H25N5S2. The maximum Gasteiger partial charge on any atom is 0.0798 e. The van der Waals surface area contributed by atoms with Crippen molar-refractivity contribution in [2.45, 2.75) is 26.4 Å². The van der Waals surface area contributed by atoms with Crippen molar-refractivity contribution < 1.29 is 0 Å². The van der Waals surface area contributed by atoms with Crippen molar-refractivity contribution >= 4 is 22.7 Å². The van der Waals surface area contributed by atoms with Crippen molar-refractivity contribution in [1.82, 2.24) is 25.0 Å². The fourth-order valence-corrected chi connectivity index (χ4v) is 5.33. The van der Waals surface area contributed by atoms with Gasteiger partial charge in [-0.05, 0) is 44.5 Å². The van der Waals surface area contributed by atoms with E-state index >= 15 is 0 Å². The van der Waals surface area contributed by atoms with E-state index in [9.17, 15) is 0 Å². The molecule has 5 nitrogen and oxygen atoms in total. The lowest BCUT2D eigenvalue weighted by Gasteiger charge is -2.24. The van der Waals surface area contributed by atoms with E-state index in [0.717, 1.165) is 38.6 Å². The topological polar surface area (TPSA) is 46.0 Å². The molecule has 3 aromatic heterocycles. The van der Waals surface area contributed by atoms with Gasteiger partial charge in [-0.1, -0.05) is 0 Å². The zero-order chi connectivity index (χ0) is 17.9. The molecule has 4 heterocycles. The van der Waals surface area contributed by atoms with Crippen LogP contribution in [0.15, 0.2) is 30.0 Å². The van der Waals surface area contributed by atoms with Crippen molar-refractivity contribution in [3.05, 3.63) is 45.5 Å². The van der Waals surface area contributed by atoms with Gasteiger partial charge in [0.2, 0.25) is 0 Å². The summed E-state index contributed by atoms with van der Waals surface area (Å²) in [7, 11) is 1.97. The Morgan fingerprint density at radius 2 is 2.27 bits per heavy atom. The van der Waals surface area contributed by atoms with Crippen LogP contribution in [0, 0.1) is 12.8 Å². The second-order valence-electron chi connectivity index (χ2n) is 7.06. The Bertz CT molecular complexity index is 844. The zero-order valence-corrected chi connectivity index (χ0v) is 16.9. The lowest BCUT2D eigenvalue weighted by atomic mass is 10.1. The second-order valence-corrected chi connectivity index (χ2v) is 9.17. The van der Waals surface area contributed by atoms with E-state index in [0.29, 0.717) is 0 Å². The van der Waals surface area contributed by atoms with E-state index in [-0.39, 0.29) is 0 Å². The number of rotatable bonds is 7. The molecular weight excluding hydrogens is 362 g/mol. The Labute approximate surface area is 162 Å². The van der Waals surface area contributed by atoms with Gasteiger partial charge in [0, 0.05) is 53.1 Å². The summed E-state index contributed by atoms with van der Waals surface area (Å²) in [6, 6.07) is 4.50. The Balaban J connectivity index is 1.48. The molecule has 0 radical (unpaired) electrons. The quantitative estimate of drug-likeness (QED) is 0.674. The number of nitrogens with zero attached hydrogens (tertiary/aromatic N) is 4. The minimum atomic E-state index is 0.751. The lowest BCUT2D eigenvalue weighted by molar-refractivity contribution is 0.224. The highest BCUT2D eigenvalue weighted by molar-refractivity contribution is 7.15. The van der Waals surface area contributed by atoms with E-state index in [1.54, 1.807) is 11.3 Å². The van der Waals surface area contributed by atoms with Gasteiger partial charge < -0.3 is 5.32 Å². The molecule has 0 aromatic carbocycles. The van der Waals surface area contributed by atoms with Crippen LogP contribution >= 0.6 is 22.7 Å². The fourth-order valence-electron chi connectivity index (χ4n) is 3.49. The zero-order valence-electron chi connectivity index (χ0n) is 15.3. The van der Waals surface area contributed by atoms with Crippen molar-refractivity contribution in [3.8, 4) is 10.4 Å². The van der Waals surface area contributed by atoms with E-state index in [1.165, 1.54) is 32.3 Å². The number of aryl methyl sites for hydroxylation is 2. The number of aromatic nitrogens is 3. The molecule has 1 aliphatic heterocycles. The molecule has 1 fully saturated rings. The summed E-state index contributed by atoms with van der Waals surface area (Å²) in [5.74, 6) is 0.751. The molecule has 1 atom stereocenters. The van der Waals surface area contributed by atoms with Crippen molar-refractivity contribution in [1.29, 1.82) is 0 Å². The number of thiophene rings is 1. The van der Waals surface area contributed by atoms with E-state index < -0.39 is 0 Å². The van der Waals surface area contributed by atoms with Crippen LogP contribution < -0.4 is 5.32 Å². The summed E-state index contributed by atoms with van der Waals surface area (Å²) in [4.78, 5) is 11.1. The van der Waals surface area contributed by atoms with Gasteiger partial charge in [-0.15, -0.1) is 22.7 Å².